The maximum absolute atomic E-state index is 12.1. The van der Waals surface area contributed by atoms with Gasteiger partial charge in [0.25, 0.3) is 0 Å². The second-order valence-electron chi connectivity index (χ2n) is 4.07. The number of hydrogen-bond acceptors (Lipinski definition) is 4. The van der Waals surface area contributed by atoms with Crippen LogP contribution in [0.4, 0.5) is 14.4 Å². The summed E-state index contributed by atoms with van der Waals surface area (Å²) in [4.78, 5) is 36.3. The van der Waals surface area contributed by atoms with E-state index in [1.807, 2.05) is 0 Å². The molecule has 7 heteroatoms. The number of carbonyl (C=O) groups is 3. The van der Waals surface area contributed by atoms with Gasteiger partial charge in [-0.15, -0.1) is 4.48 Å². The van der Waals surface area contributed by atoms with Crippen molar-refractivity contribution in [3.05, 3.63) is 12.3 Å². The molecule has 1 N–H and O–H groups in total. The lowest BCUT2D eigenvalue weighted by atomic mass is 10.3. The first-order valence-electron chi connectivity index (χ1n) is 5.28. The molecule has 0 radical (unpaired) electrons. The van der Waals surface area contributed by atoms with Gasteiger partial charge in [-0.2, -0.15) is 0 Å². The molecule has 0 spiro atoms. The van der Waals surface area contributed by atoms with Gasteiger partial charge in [0.15, 0.2) is 0 Å². The van der Waals surface area contributed by atoms with Crippen LogP contribution in [0.15, 0.2) is 12.3 Å². The van der Waals surface area contributed by atoms with Gasteiger partial charge in [-0.05, 0) is 13.0 Å². The molecular formula is C10H14N3O4+. The highest BCUT2D eigenvalue weighted by atomic mass is 16.6. The topological polar surface area (TPSA) is 79.0 Å². The van der Waals surface area contributed by atoms with Gasteiger partial charge in [-0.25, -0.2) is 24.6 Å². The maximum Gasteiger partial charge on any atom is 0.440 e. The van der Waals surface area contributed by atoms with E-state index in [1.165, 1.54) is 13.2 Å². The van der Waals surface area contributed by atoms with E-state index in [1.54, 1.807) is 13.0 Å². The van der Waals surface area contributed by atoms with Gasteiger partial charge in [0.2, 0.25) is 0 Å². The quantitative estimate of drug-likeness (QED) is 0.579. The monoisotopic (exact) mass is 240 g/mol. The molecule has 2 fully saturated rings. The molecule has 2 unspecified atom stereocenters. The molecule has 0 aliphatic carbocycles. The number of carbonyl (C=O) groups excluding carboxylic acids is 3. The highest BCUT2D eigenvalue weighted by molar-refractivity contribution is 6.06. The van der Waals surface area contributed by atoms with Crippen LogP contribution in [-0.2, 0) is 4.74 Å². The van der Waals surface area contributed by atoms with E-state index in [0.717, 1.165) is 4.90 Å². The van der Waals surface area contributed by atoms with E-state index in [4.69, 9.17) is 4.74 Å². The van der Waals surface area contributed by atoms with Gasteiger partial charge in [-0.3, -0.25) is 0 Å². The number of rotatable bonds is 3. The van der Waals surface area contributed by atoms with Crippen LogP contribution in [0.25, 0.3) is 0 Å². The van der Waals surface area contributed by atoms with Gasteiger partial charge < -0.3 is 4.74 Å². The van der Waals surface area contributed by atoms with E-state index in [2.05, 4.69) is 5.32 Å². The molecule has 2 aliphatic rings. The zero-order valence-electron chi connectivity index (χ0n) is 9.67. The summed E-state index contributed by atoms with van der Waals surface area (Å²) in [5.74, 6) is 0. The third kappa shape index (κ3) is 1.83. The molecule has 7 nitrogen and oxygen atoms in total. The third-order valence-electron chi connectivity index (χ3n) is 2.81. The number of imide groups is 3. The maximum atomic E-state index is 12.1. The fraction of sp³-hybridized carbons (Fsp3) is 0.500. The summed E-state index contributed by atoms with van der Waals surface area (Å²) < 4.78 is 4.50. The molecule has 92 valence electrons. The Hall–Kier alpha value is -1.73. The molecule has 2 heterocycles. The van der Waals surface area contributed by atoms with Crippen LogP contribution in [0.3, 0.4) is 0 Å². The van der Waals surface area contributed by atoms with Crippen LogP contribution in [0.1, 0.15) is 6.92 Å². The van der Waals surface area contributed by atoms with Crippen molar-refractivity contribution in [2.24, 2.45) is 0 Å². The number of nitrogens with one attached hydrogen (secondary N) is 1. The fourth-order valence-electron chi connectivity index (χ4n) is 1.82. The lowest BCUT2D eigenvalue weighted by molar-refractivity contribution is -0.718. The van der Waals surface area contributed by atoms with Gasteiger partial charge in [0.05, 0.1) is 6.61 Å². The van der Waals surface area contributed by atoms with Crippen LogP contribution in [0.2, 0.25) is 0 Å². The summed E-state index contributed by atoms with van der Waals surface area (Å²) in [5.41, 5.74) is 0. The Morgan fingerprint density at radius 2 is 2.18 bits per heavy atom. The third-order valence-corrected chi connectivity index (χ3v) is 2.81. The number of amides is 6. The molecule has 0 aromatic rings. The number of urea groups is 3. The molecule has 0 bridgehead atoms. The van der Waals surface area contributed by atoms with Crippen molar-refractivity contribution in [1.29, 1.82) is 0 Å². The molecule has 2 aliphatic heterocycles. The number of ether oxygens (including phenoxy) is 1. The molecule has 2 rings (SSSR count). The highest BCUT2D eigenvalue weighted by Gasteiger charge is 2.55. The first-order chi connectivity index (χ1) is 8.01. The van der Waals surface area contributed by atoms with Crippen molar-refractivity contribution >= 4 is 18.1 Å². The molecule has 0 aromatic carbocycles. The van der Waals surface area contributed by atoms with Crippen LogP contribution in [0, 0.1) is 0 Å². The second-order valence-corrected chi connectivity index (χ2v) is 4.07. The summed E-state index contributed by atoms with van der Waals surface area (Å²) in [5, 5.41) is 2.16. The zero-order valence-corrected chi connectivity index (χ0v) is 9.67. The first kappa shape index (κ1) is 11.7. The van der Waals surface area contributed by atoms with Crippen molar-refractivity contribution in [3.63, 3.8) is 0 Å². The van der Waals surface area contributed by atoms with Gasteiger partial charge >= 0.3 is 18.1 Å². The Morgan fingerprint density at radius 1 is 1.53 bits per heavy atom. The minimum atomic E-state index is -0.699. The van der Waals surface area contributed by atoms with E-state index in [-0.39, 0.29) is 12.6 Å². The van der Waals surface area contributed by atoms with Crippen molar-refractivity contribution in [2.45, 2.75) is 13.0 Å². The minimum Gasteiger partial charge on any atom is -0.367 e. The molecular weight excluding hydrogens is 226 g/mol. The second kappa shape index (κ2) is 3.94. The van der Waals surface area contributed by atoms with E-state index < -0.39 is 22.6 Å². The Kier molecular flexibility index (Phi) is 2.72. The summed E-state index contributed by atoms with van der Waals surface area (Å²) in [6.07, 6.45) is 2.98. The minimum absolute atomic E-state index is 0.109. The molecule has 6 amide bonds. The number of epoxide rings is 1. The molecule has 2 saturated heterocycles. The molecule has 0 saturated carbocycles. The Bertz CT molecular complexity index is 416. The number of allylic oxidation sites excluding steroid dienone is 1. The lowest BCUT2D eigenvalue weighted by Crippen LogP contribution is -2.70. The van der Waals surface area contributed by atoms with Crippen molar-refractivity contribution < 1.29 is 23.6 Å². The highest BCUT2D eigenvalue weighted by Crippen LogP contribution is 2.23. The van der Waals surface area contributed by atoms with E-state index in [0.29, 0.717) is 6.61 Å². The summed E-state index contributed by atoms with van der Waals surface area (Å²) in [6, 6.07) is -1.89. The van der Waals surface area contributed by atoms with Crippen LogP contribution in [0.5, 0.6) is 0 Å². The zero-order chi connectivity index (χ0) is 12.6. The number of quaternary nitrogens is 1. The summed E-state index contributed by atoms with van der Waals surface area (Å²) in [6.45, 7) is 2.47. The predicted molar refractivity (Wildman–Crippen MR) is 56.8 cm³/mol. The average Bonchev–Trinajstić information content (AvgIpc) is 3.08. The fourth-order valence-corrected chi connectivity index (χ4v) is 1.82. The summed E-state index contributed by atoms with van der Waals surface area (Å²) in [7, 11) is 1.34. The van der Waals surface area contributed by atoms with Crippen molar-refractivity contribution in [1.82, 2.24) is 10.2 Å². The smallest absolute Gasteiger partial charge is 0.367 e. The average molecular weight is 240 g/mol. The first-order valence-corrected chi connectivity index (χ1v) is 5.28. The van der Waals surface area contributed by atoms with Gasteiger partial charge in [0, 0.05) is 7.05 Å². The Labute approximate surface area is 98.2 Å². The van der Waals surface area contributed by atoms with Gasteiger partial charge in [-0.1, -0.05) is 0 Å². The van der Waals surface area contributed by atoms with Crippen LogP contribution < -0.4 is 5.32 Å². The Balaban J connectivity index is 2.36. The molecule has 17 heavy (non-hydrogen) atoms. The number of hydrogen-bond donors (Lipinski definition) is 1. The van der Waals surface area contributed by atoms with E-state index >= 15 is 0 Å². The van der Waals surface area contributed by atoms with Crippen LogP contribution >= 0.6 is 0 Å². The van der Waals surface area contributed by atoms with Crippen molar-refractivity contribution in [2.75, 3.05) is 20.2 Å². The largest absolute Gasteiger partial charge is 0.440 e. The summed E-state index contributed by atoms with van der Waals surface area (Å²) >= 11 is 0. The molecule has 2 atom stereocenters. The predicted octanol–water partition coefficient (Wildman–Crippen LogP) is 0.631. The number of nitrogens with zero attached hydrogens (tertiary/aromatic N) is 2. The van der Waals surface area contributed by atoms with Crippen molar-refractivity contribution in [3.8, 4) is 0 Å². The van der Waals surface area contributed by atoms with Gasteiger partial charge in [0.1, 0.15) is 18.8 Å². The van der Waals surface area contributed by atoms with E-state index in [9.17, 15) is 14.4 Å². The standard InChI is InChI=1S/C10H13N3O4/c1-3-4-13(5-7-6-17-7)9(15)11-8(14)12(2)10(13)16/h3-4,7H,5-6H2,1-2H3/p+1. The normalized spacial score (nSPS) is 33.2. The Morgan fingerprint density at radius 3 is 2.71 bits per heavy atom. The lowest BCUT2D eigenvalue weighted by Gasteiger charge is -2.34. The SMILES string of the molecule is CC=C[N+]1(CC2CO2)C(=O)NC(=O)N(C)C1=O. The molecule has 0 aromatic heterocycles. The van der Waals surface area contributed by atoms with Crippen LogP contribution in [-0.4, -0.2) is 53.8 Å².